The van der Waals surface area contributed by atoms with Gasteiger partial charge in [0.2, 0.25) is 5.95 Å². The number of nitrogens with one attached hydrogen (secondary N) is 2. The highest BCUT2D eigenvalue weighted by atomic mass is 16.5. The van der Waals surface area contributed by atoms with Gasteiger partial charge >= 0.3 is 18.1 Å². The minimum Gasteiger partial charge on any atom is -0.497 e. The van der Waals surface area contributed by atoms with Crippen LogP contribution >= 0.6 is 0 Å². The van der Waals surface area contributed by atoms with Crippen molar-refractivity contribution in [3.05, 3.63) is 48.5 Å². The van der Waals surface area contributed by atoms with Gasteiger partial charge in [-0.1, -0.05) is 0 Å². The van der Waals surface area contributed by atoms with Crippen molar-refractivity contribution in [2.45, 2.75) is 6.17 Å². The number of methoxy groups -OCH3 is 2. The van der Waals surface area contributed by atoms with Crippen LogP contribution in [0.3, 0.4) is 0 Å². The van der Waals surface area contributed by atoms with Crippen molar-refractivity contribution in [1.82, 2.24) is 25.2 Å². The minimum atomic E-state index is -1.05. The van der Waals surface area contributed by atoms with Crippen LogP contribution in [0, 0.1) is 0 Å². The topological polar surface area (TPSA) is 137 Å². The Morgan fingerprint density at radius 1 is 0.788 bits per heavy atom. The van der Waals surface area contributed by atoms with Gasteiger partial charge in [-0.15, -0.1) is 4.98 Å². The van der Waals surface area contributed by atoms with Crippen LogP contribution in [0.4, 0.5) is 10.7 Å². The van der Waals surface area contributed by atoms with E-state index in [9.17, 15) is 9.59 Å². The van der Waals surface area contributed by atoms with Crippen LogP contribution in [0.2, 0.25) is 0 Å². The first-order valence-corrected chi connectivity index (χ1v) is 9.69. The highest BCUT2D eigenvalue weighted by Crippen LogP contribution is 2.26. The van der Waals surface area contributed by atoms with Crippen LogP contribution in [0.1, 0.15) is 0 Å². The predicted octanol–water partition coefficient (Wildman–Crippen LogP) is 2.39. The van der Waals surface area contributed by atoms with Crippen molar-refractivity contribution in [2.75, 3.05) is 26.6 Å². The molecule has 1 aromatic heterocycles. The van der Waals surface area contributed by atoms with Crippen LogP contribution in [-0.4, -0.2) is 59.2 Å². The number of aromatic nitrogens is 3. The molecule has 3 aromatic rings. The number of carbonyl (C=O) groups is 2. The molecule has 12 heteroatoms. The predicted molar refractivity (Wildman–Crippen MR) is 115 cm³/mol. The van der Waals surface area contributed by atoms with Crippen molar-refractivity contribution >= 4 is 17.9 Å². The molecule has 2 N–H and O–H groups in total. The van der Waals surface area contributed by atoms with Crippen molar-refractivity contribution in [1.29, 1.82) is 0 Å². The Labute approximate surface area is 188 Å². The minimum absolute atomic E-state index is 0.0361. The molecule has 12 nitrogen and oxygen atoms in total. The van der Waals surface area contributed by atoms with Gasteiger partial charge in [0.25, 0.3) is 5.91 Å². The molecule has 1 saturated heterocycles. The van der Waals surface area contributed by atoms with Gasteiger partial charge < -0.3 is 29.6 Å². The Balaban J connectivity index is 1.60. The third kappa shape index (κ3) is 5.01. The lowest BCUT2D eigenvalue weighted by Crippen LogP contribution is -2.37. The van der Waals surface area contributed by atoms with E-state index >= 15 is 0 Å². The van der Waals surface area contributed by atoms with Crippen molar-refractivity contribution < 1.29 is 28.5 Å². The normalized spacial score (nSPS) is 15.1. The summed E-state index contributed by atoms with van der Waals surface area (Å²) >= 11 is 0. The van der Waals surface area contributed by atoms with Gasteiger partial charge in [0.1, 0.15) is 23.0 Å². The largest absolute Gasteiger partial charge is 0.497 e. The lowest BCUT2D eigenvalue weighted by Gasteiger charge is -2.13. The summed E-state index contributed by atoms with van der Waals surface area (Å²) in [4.78, 5) is 37.4. The third-order valence-electron chi connectivity index (χ3n) is 4.55. The molecule has 1 aliphatic heterocycles. The number of likely N-dealkylation sites (N-methyl/N-ethyl adjacent to an activating group) is 1. The van der Waals surface area contributed by atoms with E-state index in [1.54, 1.807) is 62.8 Å². The van der Waals surface area contributed by atoms with Crippen LogP contribution < -0.4 is 29.6 Å². The zero-order valence-corrected chi connectivity index (χ0v) is 17.9. The fourth-order valence-corrected chi connectivity index (χ4v) is 2.79. The molecule has 4 rings (SSSR count). The second-order valence-corrected chi connectivity index (χ2v) is 6.70. The first kappa shape index (κ1) is 21.6. The van der Waals surface area contributed by atoms with Gasteiger partial charge in [0.05, 0.1) is 14.2 Å². The first-order valence-electron chi connectivity index (χ1n) is 9.69. The third-order valence-corrected chi connectivity index (χ3v) is 4.55. The van der Waals surface area contributed by atoms with E-state index in [-0.39, 0.29) is 18.0 Å². The molecule has 0 bridgehead atoms. The quantitative estimate of drug-likeness (QED) is 0.490. The Morgan fingerprint density at radius 2 is 1.24 bits per heavy atom. The second kappa shape index (κ2) is 9.26. The molecule has 0 spiro atoms. The van der Waals surface area contributed by atoms with E-state index in [0.717, 1.165) is 4.90 Å². The van der Waals surface area contributed by atoms with E-state index in [2.05, 4.69) is 25.6 Å². The fourth-order valence-electron chi connectivity index (χ4n) is 2.79. The monoisotopic (exact) mass is 452 g/mol. The molecular formula is C21H20N6O6. The van der Waals surface area contributed by atoms with Crippen molar-refractivity contribution in [3.8, 4) is 35.0 Å². The lowest BCUT2D eigenvalue weighted by molar-refractivity contribution is -0.125. The number of urea groups is 1. The van der Waals surface area contributed by atoms with E-state index < -0.39 is 18.1 Å². The lowest BCUT2D eigenvalue weighted by atomic mass is 10.3. The SMILES string of the molecule is COc1ccc(Oc2nc(NC3NC(=O)N(C)C3=O)nc(Oc3ccc(OC)cc3)n2)cc1. The molecule has 0 saturated carbocycles. The maximum absolute atomic E-state index is 12.2. The molecule has 1 fully saturated rings. The van der Waals surface area contributed by atoms with Crippen molar-refractivity contribution in [3.63, 3.8) is 0 Å². The highest BCUT2D eigenvalue weighted by Gasteiger charge is 2.36. The zero-order chi connectivity index (χ0) is 23.4. The Hall–Kier alpha value is -4.61. The van der Waals surface area contributed by atoms with Gasteiger partial charge in [0, 0.05) is 7.05 Å². The molecule has 2 aromatic carbocycles. The number of hydrogen-bond acceptors (Lipinski definition) is 10. The molecule has 1 unspecified atom stereocenters. The molecule has 0 radical (unpaired) electrons. The van der Waals surface area contributed by atoms with Gasteiger partial charge in [-0.05, 0) is 48.5 Å². The molecule has 1 aliphatic rings. The average molecular weight is 452 g/mol. The van der Waals surface area contributed by atoms with E-state index in [0.29, 0.717) is 23.0 Å². The Bertz CT molecular complexity index is 1090. The number of hydrogen-bond donors (Lipinski definition) is 2. The smallest absolute Gasteiger partial charge is 0.330 e. The average Bonchev–Trinajstić information content (AvgIpc) is 3.06. The summed E-state index contributed by atoms with van der Waals surface area (Å²) in [5.41, 5.74) is 0. The maximum Gasteiger partial charge on any atom is 0.330 e. The standard InChI is InChI=1S/C21H20N6O6/c1-27-17(28)16(23-21(27)29)22-18-24-19(32-14-8-4-12(30-2)5-9-14)26-20(25-18)33-15-10-6-13(31-3)7-11-15/h4-11,16H,1-3H3,(H,23,29)(H,22,24,25,26). The Morgan fingerprint density at radius 3 is 1.64 bits per heavy atom. The number of rotatable bonds is 8. The van der Waals surface area contributed by atoms with E-state index in [4.69, 9.17) is 18.9 Å². The highest BCUT2D eigenvalue weighted by molar-refractivity contribution is 6.04. The molecule has 170 valence electrons. The first-order chi connectivity index (χ1) is 15.9. The number of imide groups is 1. The summed E-state index contributed by atoms with van der Waals surface area (Å²) in [5.74, 6) is 1.66. The van der Waals surface area contributed by atoms with E-state index in [1.165, 1.54) is 7.05 Å². The van der Waals surface area contributed by atoms with Crippen LogP contribution in [0.15, 0.2) is 48.5 Å². The van der Waals surface area contributed by atoms with Gasteiger partial charge in [-0.2, -0.15) is 9.97 Å². The zero-order valence-electron chi connectivity index (χ0n) is 17.9. The van der Waals surface area contributed by atoms with Crippen LogP contribution in [0.5, 0.6) is 35.0 Å². The summed E-state index contributed by atoms with van der Waals surface area (Å²) in [6.07, 6.45) is -1.05. The molecule has 1 atom stereocenters. The number of nitrogens with zero attached hydrogens (tertiary/aromatic N) is 4. The summed E-state index contributed by atoms with van der Waals surface area (Å²) in [7, 11) is 4.48. The summed E-state index contributed by atoms with van der Waals surface area (Å²) in [5, 5.41) is 5.24. The summed E-state index contributed by atoms with van der Waals surface area (Å²) in [6.45, 7) is 0. The number of ether oxygens (including phenoxy) is 4. The van der Waals surface area contributed by atoms with E-state index in [1.807, 2.05) is 0 Å². The number of carbonyl (C=O) groups excluding carboxylic acids is 2. The molecular weight excluding hydrogens is 432 g/mol. The van der Waals surface area contributed by atoms with Crippen LogP contribution in [-0.2, 0) is 4.79 Å². The number of benzene rings is 2. The fraction of sp³-hybridized carbons (Fsp3) is 0.190. The Kier molecular flexibility index (Phi) is 6.06. The van der Waals surface area contributed by atoms with Crippen LogP contribution in [0.25, 0.3) is 0 Å². The second-order valence-electron chi connectivity index (χ2n) is 6.70. The molecule has 33 heavy (non-hydrogen) atoms. The molecule has 3 amide bonds. The maximum atomic E-state index is 12.2. The van der Waals surface area contributed by atoms with Gasteiger partial charge in [-0.25, -0.2) is 4.79 Å². The van der Waals surface area contributed by atoms with Crippen molar-refractivity contribution in [2.24, 2.45) is 0 Å². The number of anilines is 1. The van der Waals surface area contributed by atoms with Gasteiger partial charge in [0.15, 0.2) is 6.17 Å². The van der Waals surface area contributed by atoms with Gasteiger partial charge in [-0.3, -0.25) is 9.69 Å². The summed E-state index contributed by atoms with van der Waals surface area (Å²) in [6, 6.07) is 12.8. The summed E-state index contributed by atoms with van der Waals surface area (Å²) < 4.78 is 21.7. The molecule has 0 aliphatic carbocycles. The molecule has 2 heterocycles. The number of amides is 3.